The normalized spacial score (nSPS) is 20.8. The van der Waals surface area contributed by atoms with E-state index in [1.807, 2.05) is 0 Å². The van der Waals surface area contributed by atoms with Gasteiger partial charge in [-0.3, -0.25) is 0 Å². The third-order valence-electron chi connectivity index (χ3n) is 4.52. The van der Waals surface area contributed by atoms with E-state index in [0.29, 0.717) is 17.4 Å². The minimum Gasteiger partial charge on any atom is -0.327 e. The molecule has 0 saturated heterocycles. The summed E-state index contributed by atoms with van der Waals surface area (Å²) in [4.78, 5) is 0. The van der Waals surface area contributed by atoms with E-state index in [2.05, 4.69) is 33.0 Å². The van der Waals surface area contributed by atoms with Crippen LogP contribution in [0.5, 0.6) is 0 Å². The fourth-order valence-electron chi connectivity index (χ4n) is 3.40. The van der Waals surface area contributed by atoms with Crippen LogP contribution in [0.1, 0.15) is 66.2 Å². The van der Waals surface area contributed by atoms with Crippen LogP contribution in [-0.2, 0) is 0 Å². The van der Waals surface area contributed by atoms with Gasteiger partial charge in [-0.1, -0.05) is 40.5 Å². The van der Waals surface area contributed by atoms with Crippen molar-refractivity contribution in [3.63, 3.8) is 0 Å². The lowest BCUT2D eigenvalue weighted by Crippen LogP contribution is -2.37. The van der Waals surface area contributed by atoms with Crippen molar-refractivity contribution < 1.29 is 0 Å². The molecule has 1 aliphatic rings. The van der Waals surface area contributed by atoms with Crippen molar-refractivity contribution >= 4 is 0 Å². The van der Waals surface area contributed by atoms with Gasteiger partial charge in [0.25, 0.3) is 0 Å². The van der Waals surface area contributed by atoms with Crippen LogP contribution in [0.3, 0.4) is 0 Å². The van der Waals surface area contributed by atoms with Crippen LogP contribution in [-0.4, -0.2) is 19.1 Å². The van der Waals surface area contributed by atoms with Gasteiger partial charge in [0.1, 0.15) is 0 Å². The molecular formula is C16H34N2. The highest BCUT2D eigenvalue weighted by Gasteiger charge is 2.33. The van der Waals surface area contributed by atoms with E-state index in [-0.39, 0.29) is 0 Å². The molecule has 2 heteroatoms. The lowest BCUT2D eigenvalue weighted by Gasteiger charge is -2.31. The molecule has 1 atom stereocenters. The number of nitrogens with two attached hydrogens (primary N) is 1. The van der Waals surface area contributed by atoms with Crippen molar-refractivity contribution in [1.82, 2.24) is 5.32 Å². The second-order valence-corrected chi connectivity index (χ2v) is 7.18. The average molecular weight is 254 g/mol. The highest BCUT2D eigenvalue weighted by Crippen LogP contribution is 2.42. The zero-order chi connectivity index (χ0) is 13.6. The van der Waals surface area contributed by atoms with E-state index in [9.17, 15) is 0 Å². The van der Waals surface area contributed by atoms with Gasteiger partial charge >= 0.3 is 0 Å². The number of hydrogen-bond acceptors (Lipinski definition) is 2. The Hall–Kier alpha value is -0.0800. The van der Waals surface area contributed by atoms with Crippen LogP contribution in [0.25, 0.3) is 0 Å². The Bertz CT molecular complexity index is 217. The van der Waals surface area contributed by atoms with Gasteiger partial charge in [-0.15, -0.1) is 0 Å². The number of hydrogen-bond donors (Lipinski definition) is 2. The maximum atomic E-state index is 6.08. The summed E-state index contributed by atoms with van der Waals surface area (Å²) in [6.45, 7) is 11.4. The first kappa shape index (κ1) is 16.0. The second kappa shape index (κ2) is 7.49. The molecule has 0 aliphatic heterocycles. The van der Waals surface area contributed by atoms with E-state index in [4.69, 9.17) is 5.73 Å². The molecule has 2 nitrogen and oxygen atoms in total. The van der Waals surface area contributed by atoms with Crippen LogP contribution < -0.4 is 11.1 Å². The van der Waals surface area contributed by atoms with Crippen LogP contribution in [0.15, 0.2) is 0 Å². The van der Waals surface area contributed by atoms with Gasteiger partial charge in [0.15, 0.2) is 0 Å². The Morgan fingerprint density at radius 2 is 1.72 bits per heavy atom. The van der Waals surface area contributed by atoms with Crippen LogP contribution in [0.2, 0.25) is 0 Å². The molecule has 18 heavy (non-hydrogen) atoms. The summed E-state index contributed by atoms with van der Waals surface area (Å²) in [6, 6.07) is 0.349. The molecule has 1 rings (SSSR count). The Morgan fingerprint density at radius 3 is 2.22 bits per heavy atom. The van der Waals surface area contributed by atoms with Gasteiger partial charge in [-0.25, -0.2) is 0 Å². The average Bonchev–Trinajstić information content (AvgIpc) is 2.72. The Morgan fingerprint density at radius 1 is 1.11 bits per heavy atom. The van der Waals surface area contributed by atoms with Crippen molar-refractivity contribution in [2.75, 3.05) is 13.1 Å². The van der Waals surface area contributed by atoms with Crippen LogP contribution >= 0.6 is 0 Å². The van der Waals surface area contributed by atoms with Crippen LogP contribution in [0, 0.1) is 17.3 Å². The Labute approximate surface area is 114 Å². The third-order valence-corrected chi connectivity index (χ3v) is 4.52. The van der Waals surface area contributed by atoms with E-state index < -0.39 is 0 Å². The van der Waals surface area contributed by atoms with Crippen molar-refractivity contribution in [2.45, 2.75) is 72.3 Å². The molecule has 0 spiro atoms. The first-order valence-electron chi connectivity index (χ1n) is 7.91. The molecular weight excluding hydrogens is 220 g/mol. The molecule has 108 valence electrons. The number of rotatable bonds is 8. The number of nitrogens with one attached hydrogen (secondary N) is 1. The highest BCUT2D eigenvalue weighted by molar-refractivity contribution is 4.87. The molecule has 0 aromatic heterocycles. The van der Waals surface area contributed by atoms with Gasteiger partial charge in [0.2, 0.25) is 0 Å². The van der Waals surface area contributed by atoms with Gasteiger partial charge in [0, 0.05) is 12.6 Å². The summed E-state index contributed by atoms with van der Waals surface area (Å²) in [5, 5.41) is 3.68. The fraction of sp³-hybridized carbons (Fsp3) is 1.00. The van der Waals surface area contributed by atoms with Gasteiger partial charge in [-0.05, 0) is 49.5 Å². The summed E-state index contributed by atoms with van der Waals surface area (Å²) in [5.41, 5.74) is 6.68. The molecule has 1 unspecified atom stereocenters. The third kappa shape index (κ3) is 5.27. The molecule has 1 fully saturated rings. The van der Waals surface area contributed by atoms with Crippen LogP contribution in [0.4, 0.5) is 0 Å². The Balaban J connectivity index is 2.26. The van der Waals surface area contributed by atoms with E-state index in [0.717, 1.165) is 18.9 Å². The fourth-order valence-corrected chi connectivity index (χ4v) is 3.40. The molecule has 0 heterocycles. The molecule has 0 aromatic carbocycles. The standard InChI is InChI=1S/C16H34N2/c1-13(2)11-16(8-5-6-9-16)12-18-10-7-15(17)14(3)4/h13-15,18H,5-12,17H2,1-4H3. The molecule has 0 amide bonds. The van der Waals surface area contributed by atoms with Gasteiger partial charge in [0.05, 0.1) is 0 Å². The quantitative estimate of drug-likeness (QED) is 0.650. The summed E-state index contributed by atoms with van der Waals surface area (Å²) >= 11 is 0. The van der Waals surface area contributed by atoms with Gasteiger partial charge < -0.3 is 11.1 Å². The summed E-state index contributed by atoms with van der Waals surface area (Å²) < 4.78 is 0. The minimum atomic E-state index is 0.349. The maximum absolute atomic E-state index is 6.08. The predicted molar refractivity (Wildman–Crippen MR) is 80.7 cm³/mol. The zero-order valence-corrected chi connectivity index (χ0v) is 13.0. The largest absolute Gasteiger partial charge is 0.327 e. The lowest BCUT2D eigenvalue weighted by molar-refractivity contribution is 0.223. The molecule has 0 aromatic rings. The smallest absolute Gasteiger partial charge is 0.00739 e. The van der Waals surface area contributed by atoms with E-state index in [1.165, 1.54) is 38.6 Å². The summed E-state index contributed by atoms with van der Waals surface area (Å²) in [6.07, 6.45) is 8.20. The van der Waals surface area contributed by atoms with Crippen molar-refractivity contribution in [1.29, 1.82) is 0 Å². The van der Waals surface area contributed by atoms with Crippen molar-refractivity contribution in [2.24, 2.45) is 23.0 Å². The first-order valence-corrected chi connectivity index (χ1v) is 7.91. The monoisotopic (exact) mass is 254 g/mol. The van der Waals surface area contributed by atoms with E-state index >= 15 is 0 Å². The molecule has 3 N–H and O–H groups in total. The molecule has 1 saturated carbocycles. The van der Waals surface area contributed by atoms with Crippen molar-refractivity contribution in [3.8, 4) is 0 Å². The summed E-state index contributed by atoms with van der Waals surface area (Å²) in [7, 11) is 0. The maximum Gasteiger partial charge on any atom is 0.00739 e. The first-order chi connectivity index (χ1) is 8.45. The Kier molecular flexibility index (Phi) is 6.65. The SMILES string of the molecule is CC(C)CC1(CNCCC(N)C(C)C)CCCC1. The topological polar surface area (TPSA) is 38.0 Å². The zero-order valence-electron chi connectivity index (χ0n) is 13.0. The lowest BCUT2D eigenvalue weighted by atomic mass is 9.78. The molecule has 0 bridgehead atoms. The summed E-state index contributed by atoms with van der Waals surface area (Å²) in [5.74, 6) is 1.42. The predicted octanol–water partition coefficient (Wildman–Crippen LogP) is 3.56. The van der Waals surface area contributed by atoms with E-state index in [1.54, 1.807) is 0 Å². The van der Waals surface area contributed by atoms with Gasteiger partial charge in [-0.2, -0.15) is 0 Å². The molecule has 1 aliphatic carbocycles. The second-order valence-electron chi connectivity index (χ2n) is 7.18. The minimum absolute atomic E-state index is 0.349. The highest BCUT2D eigenvalue weighted by atomic mass is 14.9. The van der Waals surface area contributed by atoms with Crippen molar-refractivity contribution in [3.05, 3.63) is 0 Å². The molecule has 0 radical (unpaired) electrons.